The summed E-state index contributed by atoms with van der Waals surface area (Å²) in [6, 6.07) is 8.06. The van der Waals surface area contributed by atoms with Gasteiger partial charge in [0.05, 0.1) is 11.8 Å². The van der Waals surface area contributed by atoms with Gasteiger partial charge in [0, 0.05) is 20.1 Å². The summed E-state index contributed by atoms with van der Waals surface area (Å²) in [6.07, 6.45) is -0.0521. The zero-order valence-corrected chi connectivity index (χ0v) is 12.5. The van der Waals surface area contributed by atoms with Crippen molar-refractivity contribution in [2.75, 3.05) is 18.7 Å². The van der Waals surface area contributed by atoms with Crippen molar-refractivity contribution >= 4 is 23.3 Å². The van der Waals surface area contributed by atoms with E-state index in [-0.39, 0.29) is 24.1 Å². The molecular formula is C15H19N3O4. The molecule has 0 bridgehead atoms. The predicted octanol–water partition coefficient (Wildman–Crippen LogP) is 0.857. The Morgan fingerprint density at radius 3 is 2.73 bits per heavy atom. The normalized spacial score (nSPS) is 18.7. The van der Waals surface area contributed by atoms with Crippen LogP contribution in [0.25, 0.3) is 0 Å². The minimum absolute atomic E-state index is 0.0669. The van der Waals surface area contributed by atoms with E-state index in [9.17, 15) is 14.7 Å². The predicted molar refractivity (Wildman–Crippen MR) is 81.9 cm³/mol. The quantitative estimate of drug-likeness (QED) is 0.813. The summed E-state index contributed by atoms with van der Waals surface area (Å²) in [5.74, 6) is -1.38. The van der Waals surface area contributed by atoms with Gasteiger partial charge in [0.15, 0.2) is 6.04 Å². The lowest BCUT2D eigenvalue weighted by atomic mass is 10.1. The Hall–Kier alpha value is -2.41. The van der Waals surface area contributed by atoms with Crippen molar-refractivity contribution in [3.8, 4) is 0 Å². The Morgan fingerprint density at radius 1 is 1.45 bits per heavy atom. The SMILES string of the molecule is COC(C)CNC(=O)C1=NN(c2ccccc2)C(C(=O)O)C1. The van der Waals surface area contributed by atoms with Gasteiger partial charge in [-0.05, 0) is 19.1 Å². The Morgan fingerprint density at radius 2 is 2.14 bits per heavy atom. The minimum Gasteiger partial charge on any atom is -0.480 e. The Labute approximate surface area is 128 Å². The number of nitrogens with one attached hydrogen (secondary N) is 1. The first kappa shape index (κ1) is 16.0. The molecule has 2 rings (SSSR count). The van der Waals surface area contributed by atoms with Crippen molar-refractivity contribution in [2.45, 2.75) is 25.5 Å². The lowest BCUT2D eigenvalue weighted by Gasteiger charge is -2.19. The van der Waals surface area contributed by atoms with Crippen LogP contribution < -0.4 is 10.3 Å². The molecule has 1 aromatic carbocycles. The highest BCUT2D eigenvalue weighted by molar-refractivity contribution is 6.40. The van der Waals surface area contributed by atoms with Gasteiger partial charge in [-0.1, -0.05) is 18.2 Å². The molecule has 0 fully saturated rings. The maximum atomic E-state index is 12.1. The van der Waals surface area contributed by atoms with E-state index >= 15 is 0 Å². The van der Waals surface area contributed by atoms with E-state index in [1.807, 2.05) is 13.0 Å². The van der Waals surface area contributed by atoms with Crippen LogP contribution in [0.5, 0.6) is 0 Å². The fourth-order valence-electron chi connectivity index (χ4n) is 2.08. The van der Waals surface area contributed by atoms with Crippen molar-refractivity contribution in [1.82, 2.24) is 5.32 Å². The zero-order valence-electron chi connectivity index (χ0n) is 12.5. The molecular weight excluding hydrogens is 286 g/mol. The number of hydrogen-bond donors (Lipinski definition) is 2. The molecule has 2 unspecified atom stereocenters. The molecule has 0 saturated carbocycles. The summed E-state index contributed by atoms with van der Waals surface area (Å²) in [7, 11) is 1.56. The van der Waals surface area contributed by atoms with Crippen LogP contribution in [0.4, 0.5) is 5.69 Å². The van der Waals surface area contributed by atoms with E-state index in [2.05, 4.69) is 10.4 Å². The number of methoxy groups -OCH3 is 1. The number of carboxylic acid groups (broad SMARTS) is 1. The average molecular weight is 305 g/mol. The van der Waals surface area contributed by atoms with Gasteiger partial charge in [-0.3, -0.25) is 9.80 Å². The van der Waals surface area contributed by atoms with Gasteiger partial charge < -0.3 is 15.2 Å². The molecule has 0 aliphatic carbocycles. The lowest BCUT2D eigenvalue weighted by molar-refractivity contribution is -0.138. The molecule has 2 N–H and O–H groups in total. The maximum absolute atomic E-state index is 12.1. The first-order valence-corrected chi connectivity index (χ1v) is 6.98. The minimum atomic E-state index is -1.01. The van der Waals surface area contributed by atoms with Crippen LogP contribution in [-0.4, -0.2) is 48.5 Å². The smallest absolute Gasteiger partial charge is 0.328 e. The zero-order chi connectivity index (χ0) is 16.1. The van der Waals surface area contributed by atoms with Crippen LogP contribution in [0.2, 0.25) is 0 Å². The number of carbonyl (C=O) groups is 2. The number of carboxylic acids is 1. The van der Waals surface area contributed by atoms with E-state index < -0.39 is 12.0 Å². The Bertz CT molecular complexity index is 573. The molecule has 22 heavy (non-hydrogen) atoms. The highest BCUT2D eigenvalue weighted by atomic mass is 16.5. The molecule has 1 heterocycles. The number of amides is 1. The highest BCUT2D eigenvalue weighted by Crippen LogP contribution is 2.24. The molecule has 1 amide bonds. The van der Waals surface area contributed by atoms with Crippen molar-refractivity contribution in [1.29, 1.82) is 0 Å². The molecule has 0 spiro atoms. The highest BCUT2D eigenvalue weighted by Gasteiger charge is 2.36. The third-order valence-corrected chi connectivity index (χ3v) is 3.43. The fourth-order valence-corrected chi connectivity index (χ4v) is 2.08. The number of para-hydroxylation sites is 1. The first-order valence-electron chi connectivity index (χ1n) is 6.98. The molecule has 2 atom stereocenters. The van der Waals surface area contributed by atoms with Crippen molar-refractivity contribution in [2.24, 2.45) is 5.10 Å². The standard InChI is InChI=1S/C15H19N3O4/c1-10(22-2)9-16-14(19)12-8-13(15(20)21)18(17-12)11-6-4-3-5-7-11/h3-7,10,13H,8-9H2,1-2H3,(H,16,19)(H,20,21). The molecule has 1 aliphatic heterocycles. The molecule has 118 valence electrons. The lowest BCUT2D eigenvalue weighted by Crippen LogP contribution is -2.37. The Kier molecular flexibility index (Phi) is 5.11. The average Bonchev–Trinajstić information content (AvgIpc) is 2.98. The van der Waals surface area contributed by atoms with Crippen LogP contribution in [0.1, 0.15) is 13.3 Å². The number of hydrogen-bond acceptors (Lipinski definition) is 5. The monoisotopic (exact) mass is 305 g/mol. The number of nitrogens with zero attached hydrogens (tertiary/aromatic N) is 2. The molecule has 1 aliphatic rings. The molecule has 0 saturated heterocycles. The molecule has 7 nitrogen and oxygen atoms in total. The van der Waals surface area contributed by atoms with E-state index in [1.54, 1.807) is 31.4 Å². The van der Waals surface area contributed by atoms with Crippen LogP contribution in [0.15, 0.2) is 35.4 Å². The van der Waals surface area contributed by atoms with E-state index in [0.717, 1.165) is 0 Å². The van der Waals surface area contributed by atoms with Gasteiger partial charge >= 0.3 is 5.97 Å². The van der Waals surface area contributed by atoms with Gasteiger partial charge in [0.25, 0.3) is 5.91 Å². The number of ether oxygens (including phenoxy) is 1. The second kappa shape index (κ2) is 7.04. The molecule has 1 aromatic rings. The number of aliphatic carboxylic acids is 1. The summed E-state index contributed by atoms with van der Waals surface area (Å²) in [6.45, 7) is 2.17. The third-order valence-electron chi connectivity index (χ3n) is 3.43. The van der Waals surface area contributed by atoms with E-state index in [0.29, 0.717) is 12.2 Å². The number of hydrazone groups is 1. The topological polar surface area (TPSA) is 91.2 Å². The number of carbonyl (C=O) groups excluding carboxylic acids is 1. The summed E-state index contributed by atoms with van der Waals surface area (Å²) >= 11 is 0. The molecule has 7 heteroatoms. The van der Waals surface area contributed by atoms with Gasteiger partial charge in [-0.15, -0.1) is 0 Å². The molecule has 0 radical (unpaired) electrons. The largest absolute Gasteiger partial charge is 0.480 e. The second-order valence-electron chi connectivity index (χ2n) is 5.04. The maximum Gasteiger partial charge on any atom is 0.328 e. The van der Waals surface area contributed by atoms with Crippen molar-refractivity contribution < 1.29 is 19.4 Å². The number of benzene rings is 1. The first-order chi connectivity index (χ1) is 10.5. The second-order valence-corrected chi connectivity index (χ2v) is 5.04. The molecule has 0 aromatic heterocycles. The summed E-state index contributed by atoms with van der Waals surface area (Å²) in [5, 5.41) is 17.6. The van der Waals surface area contributed by atoms with Crippen molar-refractivity contribution in [3.63, 3.8) is 0 Å². The summed E-state index contributed by atoms with van der Waals surface area (Å²) < 4.78 is 5.05. The van der Waals surface area contributed by atoms with Gasteiger partial charge in [0.2, 0.25) is 0 Å². The third kappa shape index (κ3) is 3.62. The van der Waals surface area contributed by atoms with Gasteiger partial charge in [0.1, 0.15) is 5.71 Å². The van der Waals surface area contributed by atoms with Crippen LogP contribution in [0, 0.1) is 0 Å². The van der Waals surface area contributed by atoms with Crippen LogP contribution in [0.3, 0.4) is 0 Å². The Balaban J connectivity index is 2.13. The fraction of sp³-hybridized carbons (Fsp3) is 0.400. The van der Waals surface area contributed by atoms with Crippen molar-refractivity contribution in [3.05, 3.63) is 30.3 Å². The van der Waals surface area contributed by atoms with E-state index in [1.165, 1.54) is 5.01 Å². The van der Waals surface area contributed by atoms with Crippen LogP contribution >= 0.6 is 0 Å². The van der Waals surface area contributed by atoms with Crippen LogP contribution in [-0.2, 0) is 14.3 Å². The van der Waals surface area contributed by atoms with Gasteiger partial charge in [-0.25, -0.2) is 4.79 Å². The van der Waals surface area contributed by atoms with E-state index in [4.69, 9.17) is 4.74 Å². The number of rotatable bonds is 6. The number of anilines is 1. The summed E-state index contributed by atoms with van der Waals surface area (Å²) in [4.78, 5) is 23.5. The van der Waals surface area contributed by atoms with Gasteiger partial charge in [-0.2, -0.15) is 5.10 Å². The summed E-state index contributed by atoms with van der Waals surface area (Å²) in [5.41, 5.74) is 0.850.